The Morgan fingerprint density at radius 3 is 2.96 bits per heavy atom. The van der Waals surface area contributed by atoms with E-state index in [1.54, 1.807) is 11.8 Å². The molecule has 0 aliphatic carbocycles. The van der Waals surface area contributed by atoms with Crippen LogP contribution in [0.3, 0.4) is 0 Å². The van der Waals surface area contributed by atoms with E-state index in [0.717, 1.165) is 49.3 Å². The molecule has 0 bridgehead atoms. The summed E-state index contributed by atoms with van der Waals surface area (Å²) in [5.74, 6) is 3.07. The number of aromatic amines is 1. The Kier molecular flexibility index (Phi) is 3.20. The first kappa shape index (κ1) is 14.2. The minimum atomic E-state index is 0.277. The molecule has 3 heterocycles. The van der Waals surface area contributed by atoms with Crippen molar-refractivity contribution >= 4 is 44.5 Å². The Balaban J connectivity index is 1.49. The highest BCUT2D eigenvalue weighted by Gasteiger charge is 2.17. The molecular formula is C16H11BrN4O2S. The van der Waals surface area contributed by atoms with Crippen LogP contribution in [-0.4, -0.2) is 26.4 Å². The van der Waals surface area contributed by atoms with Crippen LogP contribution in [0.4, 0.5) is 0 Å². The lowest BCUT2D eigenvalue weighted by Crippen LogP contribution is -1.92. The number of nitrogens with zero attached hydrogens (tertiary/aromatic N) is 3. The average Bonchev–Trinajstić information content (AvgIpc) is 3.27. The van der Waals surface area contributed by atoms with Crippen molar-refractivity contribution in [2.45, 2.75) is 10.9 Å². The maximum atomic E-state index is 5.46. The smallest absolute Gasteiger partial charge is 0.231 e. The van der Waals surface area contributed by atoms with E-state index in [0.29, 0.717) is 0 Å². The van der Waals surface area contributed by atoms with Crippen LogP contribution >= 0.6 is 27.7 Å². The van der Waals surface area contributed by atoms with Gasteiger partial charge < -0.3 is 9.47 Å². The van der Waals surface area contributed by atoms with Crippen molar-refractivity contribution in [2.75, 3.05) is 6.79 Å². The van der Waals surface area contributed by atoms with Crippen LogP contribution in [0.1, 0.15) is 5.56 Å². The summed E-state index contributed by atoms with van der Waals surface area (Å²) in [6.07, 6.45) is 0. The maximum absolute atomic E-state index is 5.46. The zero-order valence-electron chi connectivity index (χ0n) is 12.3. The van der Waals surface area contributed by atoms with E-state index in [1.165, 1.54) is 0 Å². The van der Waals surface area contributed by atoms with E-state index >= 15 is 0 Å². The number of nitrogens with one attached hydrogen (secondary N) is 1. The molecule has 1 N–H and O–H groups in total. The molecule has 0 radical (unpaired) electrons. The van der Waals surface area contributed by atoms with E-state index in [-0.39, 0.29) is 6.79 Å². The summed E-state index contributed by atoms with van der Waals surface area (Å²) >= 11 is 5.24. The normalized spacial score (nSPS) is 13.2. The number of hydrogen-bond acceptors (Lipinski definition) is 5. The predicted molar refractivity (Wildman–Crippen MR) is 94.7 cm³/mol. The number of imidazole rings is 1. The summed E-state index contributed by atoms with van der Waals surface area (Å²) in [5, 5.41) is 8.26. The van der Waals surface area contributed by atoms with Crippen molar-refractivity contribution in [1.82, 2.24) is 19.6 Å². The van der Waals surface area contributed by atoms with E-state index in [9.17, 15) is 0 Å². The fourth-order valence-corrected chi connectivity index (χ4v) is 4.35. The van der Waals surface area contributed by atoms with Crippen molar-refractivity contribution in [3.8, 4) is 11.5 Å². The van der Waals surface area contributed by atoms with Gasteiger partial charge in [-0.25, -0.2) is 10.1 Å². The summed E-state index contributed by atoms with van der Waals surface area (Å²) in [4.78, 5) is 4.54. The van der Waals surface area contributed by atoms with Gasteiger partial charge in [-0.2, -0.15) is 0 Å². The van der Waals surface area contributed by atoms with Crippen LogP contribution in [-0.2, 0) is 5.75 Å². The third-order valence-corrected chi connectivity index (χ3v) is 5.63. The Hall–Kier alpha value is -2.19. The number of fused-ring (bicyclic) bond motifs is 4. The molecule has 5 rings (SSSR count). The number of ether oxygens (including phenoxy) is 2. The minimum absolute atomic E-state index is 0.277. The van der Waals surface area contributed by atoms with Crippen LogP contribution in [0, 0.1) is 0 Å². The van der Waals surface area contributed by atoms with Crippen molar-refractivity contribution in [3.63, 3.8) is 0 Å². The molecule has 0 saturated heterocycles. The molecule has 0 amide bonds. The van der Waals surface area contributed by atoms with E-state index in [4.69, 9.17) is 9.47 Å². The van der Waals surface area contributed by atoms with Crippen LogP contribution in [0.5, 0.6) is 11.5 Å². The number of benzene rings is 2. The molecule has 120 valence electrons. The van der Waals surface area contributed by atoms with Gasteiger partial charge in [0.25, 0.3) is 0 Å². The van der Waals surface area contributed by atoms with Crippen LogP contribution in [0.15, 0.2) is 46.0 Å². The fraction of sp³-hybridized carbons (Fsp3) is 0.125. The van der Waals surface area contributed by atoms with E-state index < -0.39 is 0 Å². The first-order chi connectivity index (χ1) is 11.8. The maximum Gasteiger partial charge on any atom is 0.231 e. The van der Waals surface area contributed by atoms with Crippen molar-refractivity contribution in [2.24, 2.45) is 0 Å². The zero-order chi connectivity index (χ0) is 16.1. The van der Waals surface area contributed by atoms with Crippen LogP contribution < -0.4 is 9.47 Å². The monoisotopic (exact) mass is 402 g/mol. The second-order valence-corrected chi connectivity index (χ2v) is 7.15. The van der Waals surface area contributed by atoms with Gasteiger partial charge in [-0.1, -0.05) is 39.8 Å². The van der Waals surface area contributed by atoms with Gasteiger partial charge in [0.05, 0.1) is 11.0 Å². The summed E-state index contributed by atoms with van der Waals surface area (Å²) in [7, 11) is 0. The molecule has 2 aromatic carbocycles. The number of rotatable bonds is 3. The molecule has 24 heavy (non-hydrogen) atoms. The van der Waals surface area contributed by atoms with Gasteiger partial charge in [-0.05, 0) is 29.8 Å². The molecule has 0 atom stereocenters. The lowest BCUT2D eigenvalue weighted by atomic mass is 10.2. The fourth-order valence-electron chi connectivity index (χ4n) is 2.75. The molecule has 0 spiro atoms. The quantitative estimate of drug-likeness (QED) is 0.524. The number of H-pyrrole nitrogens is 1. The third kappa shape index (κ3) is 2.17. The topological polar surface area (TPSA) is 64.4 Å². The third-order valence-electron chi connectivity index (χ3n) is 3.90. The first-order valence-corrected chi connectivity index (χ1v) is 9.10. The van der Waals surface area contributed by atoms with Crippen molar-refractivity contribution in [1.29, 1.82) is 0 Å². The molecule has 0 fully saturated rings. The summed E-state index contributed by atoms with van der Waals surface area (Å²) in [6.45, 7) is 0.277. The predicted octanol–water partition coefficient (Wildman–Crippen LogP) is 3.99. The first-order valence-electron chi connectivity index (χ1n) is 7.32. The molecular weight excluding hydrogens is 392 g/mol. The average molecular weight is 403 g/mol. The molecule has 8 heteroatoms. The van der Waals surface area contributed by atoms with Crippen LogP contribution in [0.2, 0.25) is 0 Å². The van der Waals surface area contributed by atoms with Crippen molar-refractivity contribution in [3.05, 3.63) is 46.4 Å². The SMILES string of the molecule is Brc1cc2c(cc1CSc1n[nH]c3nc4ccccc4n13)OCO2. The minimum Gasteiger partial charge on any atom is -0.454 e. The second-order valence-electron chi connectivity index (χ2n) is 5.35. The Morgan fingerprint density at radius 1 is 1.21 bits per heavy atom. The van der Waals surface area contributed by atoms with Crippen molar-refractivity contribution < 1.29 is 9.47 Å². The van der Waals surface area contributed by atoms with Gasteiger partial charge in [-0.15, -0.1) is 5.10 Å². The molecule has 4 aromatic rings. The summed E-state index contributed by atoms with van der Waals surface area (Å²) < 4.78 is 13.9. The summed E-state index contributed by atoms with van der Waals surface area (Å²) in [6, 6.07) is 12.0. The number of para-hydroxylation sites is 2. The van der Waals surface area contributed by atoms with Gasteiger partial charge in [0.15, 0.2) is 16.7 Å². The van der Waals surface area contributed by atoms with Gasteiger partial charge >= 0.3 is 0 Å². The lowest BCUT2D eigenvalue weighted by molar-refractivity contribution is 0.174. The molecule has 1 aliphatic rings. The van der Waals surface area contributed by atoms with E-state index in [2.05, 4.69) is 31.1 Å². The number of halogens is 1. The Labute approximate surface area is 149 Å². The Bertz CT molecular complexity index is 1070. The van der Waals surface area contributed by atoms with Gasteiger partial charge in [0.1, 0.15) is 0 Å². The number of thioether (sulfide) groups is 1. The highest BCUT2D eigenvalue weighted by atomic mass is 79.9. The molecule has 6 nitrogen and oxygen atoms in total. The standard InChI is InChI=1S/C16H11BrN4O2S/c17-10-6-14-13(22-8-23-14)5-9(10)7-24-16-20-19-15-18-11-3-1-2-4-12(11)21(15)16/h1-6H,7-8H2,(H,18,19). The molecule has 1 aliphatic heterocycles. The Morgan fingerprint density at radius 2 is 2.04 bits per heavy atom. The van der Waals surface area contributed by atoms with Crippen LogP contribution in [0.25, 0.3) is 16.8 Å². The molecule has 2 aromatic heterocycles. The highest BCUT2D eigenvalue weighted by molar-refractivity contribution is 9.10. The highest BCUT2D eigenvalue weighted by Crippen LogP contribution is 2.39. The van der Waals surface area contributed by atoms with E-state index in [1.807, 2.05) is 40.8 Å². The second kappa shape index (κ2) is 5.42. The number of aromatic nitrogens is 4. The lowest BCUT2D eigenvalue weighted by Gasteiger charge is -2.05. The molecule has 0 unspecified atom stereocenters. The number of hydrogen-bond donors (Lipinski definition) is 1. The van der Waals surface area contributed by atoms with Gasteiger partial charge in [-0.3, -0.25) is 4.40 Å². The largest absolute Gasteiger partial charge is 0.454 e. The zero-order valence-corrected chi connectivity index (χ0v) is 14.7. The summed E-state index contributed by atoms with van der Waals surface area (Å²) in [5.41, 5.74) is 3.13. The van der Waals surface area contributed by atoms with Gasteiger partial charge in [0, 0.05) is 10.2 Å². The van der Waals surface area contributed by atoms with Gasteiger partial charge in [0.2, 0.25) is 12.6 Å². The molecule has 0 saturated carbocycles.